The Morgan fingerprint density at radius 1 is 1.43 bits per heavy atom. The lowest BCUT2D eigenvalue weighted by Gasteiger charge is -2.25. The van der Waals surface area contributed by atoms with E-state index in [1.807, 2.05) is 18.5 Å². The third-order valence-electron chi connectivity index (χ3n) is 4.87. The lowest BCUT2D eigenvalue weighted by Crippen LogP contribution is -2.47. The summed E-state index contributed by atoms with van der Waals surface area (Å²) in [5.41, 5.74) is 1.61. The molecule has 0 aliphatic carbocycles. The summed E-state index contributed by atoms with van der Waals surface area (Å²) in [5.74, 6) is 2.24. The average molecular weight is 498 g/mol. The van der Waals surface area contributed by atoms with E-state index in [1.165, 1.54) is 12.1 Å². The first-order chi connectivity index (χ1) is 13.1. The maximum Gasteiger partial charge on any atom is 0.191 e. The van der Waals surface area contributed by atoms with Crippen LogP contribution in [0.2, 0.25) is 0 Å². The number of aliphatic imine (C=N–C) groups is 1. The van der Waals surface area contributed by atoms with Crippen LogP contribution >= 0.6 is 24.0 Å². The predicted octanol–water partition coefficient (Wildman–Crippen LogP) is 3.16. The van der Waals surface area contributed by atoms with E-state index < -0.39 is 0 Å². The number of hydrogen-bond acceptors (Lipinski definition) is 4. The molecule has 0 saturated carbocycles. The van der Waals surface area contributed by atoms with E-state index in [2.05, 4.69) is 25.7 Å². The Hall–Kier alpha value is -2.17. The van der Waals surface area contributed by atoms with Gasteiger partial charge < -0.3 is 15.1 Å². The van der Waals surface area contributed by atoms with Crippen molar-refractivity contribution in [3.8, 4) is 0 Å². The van der Waals surface area contributed by atoms with E-state index in [0.29, 0.717) is 12.1 Å². The van der Waals surface area contributed by atoms with Gasteiger partial charge in [-0.1, -0.05) is 0 Å². The molecule has 0 radical (unpaired) electrons. The predicted molar refractivity (Wildman–Crippen MR) is 116 cm³/mol. The van der Waals surface area contributed by atoms with Gasteiger partial charge in [-0.3, -0.25) is 0 Å². The maximum absolute atomic E-state index is 13.5. The van der Waals surface area contributed by atoms with Gasteiger partial charge in [-0.2, -0.15) is 5.10 Å². The van der Waals surface area contributed by atoms with Crippen molar-refractivity contribution in [2.45, 2.75) is 45.8 Å². The van der Waals surface area contributed by atoms with Crippen LogP contribution in [0.1, 0.15) is 30.5 Å². The number of aromatic nitrogens is 3. The normalized spacial score (nSPS) is 16.5. The number of hydrogen-bond donors (Lipinski definition) is 2. The molecule has 1 aliphatic heterocycles. The summed E-state index contributed by atoms with van der Waals surface area (Å²) < 4.78 is 21.3. The smallest absolute Gasteiger partial charge is 0.191 e. The van der Waals surface area contributed by atoms with Crippen molar-refractivity contribution in [1.82, 2.24) is 25.4 Å². The van der Waals surface area contributed by atoms with Crippen molar-refractivity contribution in [2.75, 3.05) is 6.54 Å². The topological polar surface area (TPSA) is 80.3 Å². The van der Waals surface area contributed by atoms with E-state index >= 15 is 0 Å². The number of furan rings is 1. The van der Waals surface area contributed by atoms with Crippen molar-refractivity contribution in [1.29, 1.82) is 0 Å². The molecule has 1 unspecified atom stereocenters. The fourth-order valence-electron chi connectivity index (χ4n) is 3.41. The number of nitrogens with one attached hydrogen (secondary N) is 2. The molecule has 150 valence electrons. The van der Waals surface area contributed by atoms with Gasteiger partial charge in [0.15, 0.2) is 5.96 Å². The number of fused-ring (bicyclic) bond motifs is 2. The molecule has 2 N–H and O–H groups in total. The van der Waals surface area contributed by atoms with Gasteiger partial charge in [0.25, 0.3) is 0 Å². The number of aryl methyl sites for hydroxylation is 2. The molecule has 1 atom stereocenters. The van der Waals surface area contributed by atoms with Gasteiger partial charge in [-0.15, -0.1) is 24.0 Å². The number of benzene rings is 1. The Morgan fingerprint density at radius 2 is 2.29 bits per heavy atom. The van der Waals surface area contributed by atoms with Gasteiger partial charge in [-0.25, -0.2) is 19.0 Å². The average Bonchev–Trinajstić information content (AvgIpc) is 3.24. The highest BCUT2D eigenvalue weighted by Crippen LogP contribution is 2.26. The molecule has 0 fully saturated rings. The van der Waals surface area contributed by atoms with Crippen molar-refractivity contribution < 1.29 is 8.81 Å². The van der Waals surface area contributed by atoms with E-state index in [-0.39, 0.29) is 35.8 Å². The largest absolute Gasteiger partial charge is 0.459 e. The number of guanidine groups is 1. The first-order valence-corrected chi connectivity index (χ1v) is 9.23. The van der Waals surface area contributed by atoms with E-state index in [4.69, 9.17) is 4.42 Å². The fraction of sp³-hybridized carbons (Fsp3) is 0.421. The van der Waals surface area contributed by atoms with Gasteiger partial charge >= 0.3 is 0 Å². The van der Waals surface area contributed by atoms with Crippen LogP contribution < -0.4 is 10.6 Å². The molecular weight excluding hydrogens is 474 g/mol. The Bertz CT molecular complexity index is 982. The van der Waals surface area contributed by atoms with Crippen LogP contribution in [0, 0.1) is 12.7 Å². The summed E-state index contributed by atoms with van der Waals surface area (Å²) in [6, 6.07) is 4.81. The van der Waals surface area contributed by atoms with Crippen LogP contribution in [0.3, 0.4) is 0 Å². The van der Waals surface area contributed by atoms with Crippen LogP contribution in [-0.2, 0) is 19.5 Å². The SMILES string of the molecule is CCNC(=NCc1oc2ccc(F)cc2c1C)NC1CCc2ncnn2C1.I. The van der Waals surface area contributed by atoms with Crippen molar-refractivity contribution in [3.63, 3.8) is 0 Å². The summed E-state index contributed by atoms with van der Waals surface area (Å²) in [6.07, 6.45) is 3.47. The zero-order valence-corrected chi connectivity index (χ0v) is 18.2. The first-order valence-electron chi connectivity index (χ1n) is 9.23. The standard InChI is InChI=1S/C19H23FN6O.HI/c1-3-21-19(25-14-5-7-18-23-11-24-26(18)10-14)22-9-17-12(2)15-8-13(20)4-6-16(15)27-17;/h4,6,8,11,14H,3,5,7,9-10H2,1-2H3,(H2,21,22,25);1H. The van der Waals surface area contributed by atoms with Gasteiger partial charge in [0.05, 0.1) is 6.54 Å². The molecule has 1 aromatic carbocycles. The molecular formula is C19H24FIN6O. The van der Waals surface area contributed by atoms with Crippen LogP contribution in [0.15, 0.2) is 33.9 Å². The summed E-state index contributed by atoms with van der Waals surface area (Å²) in [7, 11) is 0. The van der Waals surface area contributed by atoms with Crippen LogP contribution in [0.25, 0.3) is 11.0 Å². The quantitative estimate of drug-likeness (QED) is 0.328. The minimum Gasteiger partial charge on any atom is -0.459 e. The molecule has 0 saturated heterocycles. The molecule has 3 heterocycles. The number of rotatable bonds is 4. The summed E-state index contributed by atoms with van der Waals surface area (Å²) in [6.45, 7) is 5.88. The number of nitrogens with zero attached hydrogens (tertiary/aromatic N) is 4. The molecule has 1 aliphatic rings. The molecule has 9 heteroatoms. The zero-order chi connectivity index (χ0) is 18.8. The zero-order valence-electron chi connectivity index (χ0n) is 15.9. The first kappa shape index (κ1) is 20.6. The lowest BCUT2D eigenvalue weighted by molar-refractivity contribution is 0.392. The highest BCUT2D eigenvalue weighted by atomic mass is 127. The van der Waals surface area contributed by atoms with Crippen LogP contribution in [0.4, 0.5) is 4.39 Å². The van der Waals surface area contributed by atoms with Crippen LogP contribution in [0.5, 0.6) is 0 Å². The van der Waals surface area contributed by atoms with E-state index in [1.54, 1.807) is 12.4 Å². The van der Waals surface area contributed by atoms with Crippen molar-refractivity contribution >= 4 is 40.9 Å². The van der Waals surface area contributed by atoms with Gasteiger partial charge in [0, 0.05) is 30.0 Å². The molecule has 7 nitrogen and oxygen atoms in total. The third kappa shape index (κ3) is 4.29. The molecule has 0 bridgehead atoms. The second kappa shape index (κ2) is 8.89. The second-order valence-corrected chi connectivity index (χ2v) is 6.72. The number of halogens is 2. The minimum atomic E-state index is -0.263. The highest BCUT2D eigenvalue weighted by molar-refractivity contribution is 14.0. The molecule has 0 amide bonds. The van der Waals surface area contributed by atoms with Crippen molar-refractivity contribution in [2.24, 2.45) is 4.99 Å². The Kier molecular flexibility index (Phi) is 6.53. The molecule has 2 aromatic heterocycles. The van der Waals surface area contributed by atoms with Gasteiger partial charge in [0.2, 0.25) is 0 Å². The molecule has 3 aromatic rings. The van der Waals surface area contributed by atoms with Gasteiger partial charge in [-0.05, 0) is 38.5 Å². The summed E-state index contributed by atoms with van der Waals surface area (Å²) in [4.78, 5) is 8.92. The summed E-state index contributed by atoms with van der Waals surface area (Å²) in [5, 5.41) is 11.8. The monoisotopic (exact) mass is 498 g/mol. The Morgan fingerprint density at radius 3 is 3.11 bits per heavy atom. The highest BCUT2D eigenvalue weighted by Gasteiger charge is 2.20. The van der Waals surface area contributed by atoms with Crippen LogP contribution in [-0.4, -0.2) is 33.3 Å². The van der Waals surface area contributed by atoms with E-state index in [9.17, 15) is 4.39 Å². The Labute approximate surface area is 179 Å². The lowest BCUT2D eigenvalue weighted by atomic mass is 10.1. The Balaban J connectivity index is 0.00000225. The van der Waals surface area contributed by atoms with E-state index in [0.717, 1.165) is 54.4 Å². The second-order valence-electron chi connectivity index (χ2n) is 6.72. The molecule has 28 heavy (non-hydrogen) atoms. The van der Waals surface area contributed by atoms with Gasteiger partial charge in [0.1, 0.15) is 35.9 Å². The summed E-state index contributed by atoms with van der Waals surface area (Å²) >= 11 is 0. The maximum atomic E-state index is 13.5. The third-order valence-corrected chi connectivity index (χ3v) is 4.87. The van der Waals surface area contributed by atoms with Crippen molar-refractivity contribution in [3.05, 3.63) is 47.5 Å². The fourth-order valence-corrected chi connectivity index (χ4v) is 3.41. The molecule has 4 rings (SSSR count). The molecule has 0 spiro atoms. The minimum absolute atomic E-state index is 0.